The van der Waals surface area contributed by atoms with Crippen molar-refractivity contribution in [3.63, 3.8) is 0 Å². The van der Waals surface area contributed by atoms with Crippen molar-refractivity contribution < 1.29 is 9.90 Å². The van der Waals surface area contributed by atoms with Crippen molar-refractivity contribution in [2.45, 2.75) is 5.60 Å². The smallest absolute Gasteiger partial charge is 0.267 e. The van der Waals surface area contributed by atoms with Gasteiger partial charge in [-0.1, -0.05) is 18.1 Å². The molecule has 0 aromatic rings. The number of terminal acetylenes is 1. The van der Waals surface area contributed by atoms with Crippen molar-refractivity contribution in [3.05, 3.63) is 0 Å². The minimum atomic E-state index is -1.71. The third-order valence-electron chi connectivity index (χ3n) is 2.06. The van der Waals surface area contributed by atoms with E-state index in [0.29, 0.717) is 6.54 Å². The van der Waals surface area contributed by atoms with E-state index in [2.05, 4.69) is 18.1 Å². The Labute approximate surface area is 76.4 Å². The number of likely N-dealkylation sites (N-methyl/N-ethyl adjacent to an activating group) is 1. The summed E-state index contributed by atoms with van der Waals surface area (Å²) in [4.78, 5) is 12.7. The summed E-state index contributed by atoms with van der Waals surface area (Å²) in [6.07, 6.45) is 5.07. The van der Waals surface area contributed by atoms with Crippen molar-refractivity contribution in [1.29, 1.82) is 0 Å². The van der Waals surface area contributed by atoms with Crippen molar-refractivity contribution >= 4 is 23.5 Å². The molecular formula is C8H9NO2S. The molecule has 1 amide bonds. The zero-order chi connectivity index (χ0) is 9.35. The fourth-order valence-electron chi connectivity index (χ4n) is 1.27. The van der Waals surface area contributed by atoms with Gasteiger partial charge in [0.25, 0.3) is 5.91 Å². The fraction of sp³-hybridized carbons (Fsp3) is 0.500. The summed E-state index contributed by atoms with van der Waals surface area (Å²) < 4.78 is 0. The molecule has 0 aliphatic carbocycles. The van der Waals surface area contributed by atoms with Gasteiger partial charge >= 0.3 is 0 Å². The molecule has 0 aromatic heterocycles. The highest BCUT2D eigenvalue weighted by Crippen LogP contribution is 2.26. The molecule has 0 bridgehead atoms. The van der Waals surface area contributed by atoms with E-state index < -0.39 is 17.4 Å². The molecule has 0 aromatic carbocycles. The van der Waals surface area contributed by atoms with E-state index in [1.807, 2.05) is 0 Å². The fourth-order valence-corrected chi connectivity index (χ4v) is 1.55. The summed E-state index contributed by atoms with van der Waals surface area (Å²) in [5.41, 5.74) is -1.71. The van der Waals surface area contributed by atoms with Crippen LogP contribution in [0.4, 0.5) is 0 Å². The summed E-state index contributed by atoms with van der Waals surface area (Å²) in [6, 6.07) is 0. The molecule has 1 aliphatic heterocycles. The third kappa shape index (κ3) is 1.02. The van der Waals surface area contributed by atoms with Crippen LogP contribution in [0.25, 0.3) is 0 Å². The second kappa shape index (κ2) is 2.85. The lowest BCUT2D eigenvalue weighted by atomic mass is 9.93. The van der Waals surface area contributed by atoms with E-state index in [4.69, 9.17) is 6.42 Å². The summed E-state index contributed by atoms with van der Waals surface area (Å²) in [6.45, 7) is 0.392. The lowest BCUT2D eigenvalue weighted by Crippen LogP contribution is -2.41. The average molecular weight is 183 g/mol. The molecule has 3 nitrogen and oxygen atoms in total. The minimum Gasteiger partial charge on any atom is -0.369 e. The molecule has 64 valence electrons. The number of hydrogen-bond donors (Lipinski definition) is 1. The number of carbonyl (C=O) groups is 1. The van der Waals surface area contributed by atoms with Gasteiger partial charge in [0.15, 0.2) is 0 Å². The van der Waals surface area contributed by atoms with Crippen molar-refractivity contribution in [2.24, 2.45) is 5.92 Å². The lowest BCUT2D eigenvalue weighted by Gasteiger charge is -2.16. The van der Waals surface area contributed by atoms with Gasteiger partial charge in [-0.25, -0.2) is 0 Å². The van der Waals surface area contributed by atoms with Crippen LogP contribution in [0.15, 0.2) is 0 Å². The van der Waals surface area contributed by atoms with Crippen LogP contribution in [0.3, 0.4) is 0 Å². The summed E-state index contributed by atoms with van der Waals surface area (Å²) >= 11 is 4.67. The highest BCUT2D eigenvalue weighted by molar-refractivity contribution is 7.79. The maximum Gasteiger partial charge on any atom is 0.267 e. The summed E-state index contributed by atoms with van der Waals surface area (Å²) in [5.74, 6) is 1.20. The number of aliphatic hydroxyl groups is 1. The van der Waals surface area contributed by atoms with Gasteiger partial charge in [-0.2, -0.15) is 0 Å². The first kappa shape index (κ1) is 9.17. The van der Waals surface area contributed by atoms with Crippen LogP contribution in [0.1, 0.15) is 0 Å². The zero-order valence-electron chi connectivity index (χ0n) is 6.65. The quantitative estimate of drug-likeness (QED) is 0.437. The Morgan fingerprint density at radius 2 is 2.58 bits per heavy atom. The van der Waals surface area contributed by atoms with Gasteiger partial charge in [0, 0.05) is 13.6 Å². The first-order valence-corrected chi connectivity index (χ1v) is 3.94. The Morgan fingerprint density at radius 3 is 2.92 bits per heavy atom. The maximum atomic E-state index is 11.3. The van der Waals surface area contributed by atoms with Crippen molar-refractivity contribution in [2.75, 3.05) is 13.6 Å². The Morgan fingerprint density at radius 1 is 2.00 bits per heavy atom. The van der Waals surface area contributed by atoms with E-state index in [1.54, 1.807) is 7.05 Å². The normalized spacial score (nSPS) is 34.9. The second-order valence-electron chi connectivity index (χ2n) is 2.84. The molecule has 0 radical (unpaired) electrons. The van der Waals surface area contributed by atoms with Gasteiger partial charge in [0.2, 0.25) is 5.60 Å². The Kier molecular flexibility index (Phi) is 2.18. The van der Waals surface area contributed by atoms with Gasteiger partial charge in [0.1, 0.15) is 0 Å². The first-order chi connectivity index (χ1) is 5.56. The van der Waals surface area contributed by atoms with Crippen LogP contribution in [-0.2, 0) is 4.79 Å². The monoisotopic (exact) mass is 183 g/mol. The van der Waals surface area contributed by atoms with Crippen LogP contribution in [0, 0.1) is 18.3 Å². The van der Waals surface area contributed by atoms with Crippen LogP contribution in [0.2, 0.25) is 0 Å². The third-order valence-corrected chi connectivity index (χ3v) is 2.39. The predicted molar refractivity (Wildman–Crippen MR) is 48.6 cm³/mol. The predicted octanol–water partition coefficient (Wildman–Crippen LogP) is -0.561. The Bertz CT molecular complexity index is 271. The van der Waals surface area contributed by atoms with Gasteiger partial charge in [0.05, 0.1) is 5.92 Å². The average Bonchev–Trinajstić information content (AvgIpc) is 2.30. The molecule has 1 rings (SSSR count). The summed E-state index contributed by atoms with van der Waals surface area (Å²) in [5, 5.41) is 11.0. The first-order valence-electron chi connectivity index (χ1n) is 3.47. The topological polar surface area (TPSA) is 40.5 Å². The van der Waals surface area contributed by atoms with E-state index >= 15 is 0 Å². The number of amides is 1. The molecule has 1 fully saturated rings. The number of thiocarbonyl (C=S) groups is 1. The summed E-state index contributed by atoms with van der Waals surface area (Å²) in [7, 11) is 1.59. The van der Waals surface area contributed by atoms with Crippen molar-refractivity contribution in [3.8, 4) is 12.3 Å². The number of rotatable bonds is 1. The highest BCUT2D eigenvalue weighted by atomic mass is 32.1. The van der Waals surface area contributed by atoms with Gasteiger partial charge < -0.3 is 10.0 Å². The maximum absolute atomic E-state index is 11.3. The standard InChI is InChI=1S/C8H9NO2S/c1-3-8(11)6(5-12)4-9(2)7(8)10/h1,5-6,11H,4H2,2H3/t6-,8+/m0/s1. The molecule has 1 N–H and O–H groups in total. The van der Waals surface area contributed by atoms with Crippen LogP contribution in [-0.4, -0.2) is 40.5 Å². The van der Waals surface area contributed by atoms with Gasteiger partial charge in [-0.3, -0.25) is 4.79 Å². The molecular weight excluding hydrogens is 174 g/mol. The van der Waals surface area contributed by atoms with Gasteiger partial charge in [-0.05, 0) is 5.37 Å². The molecule has 1 heterocycles. The molecule has 2 atom stereocenters. The number of carbonyl (C=O) groups excluding carboxylic acids is 1. The number of hydrogen-bond acceptors (Lipinski definition) is 3. The molecule has 4 heteroatoms. The van der Waals surface area contributed by atoms with Crippen LogP contribution in [0.5, 0.6) is 0 Å². The highest BCUT2D eigenvalue weighted by Gasteiger charge is 2.49. The Balaban J connectivity index is 3.05. The molecule has 0 spiro atoms. The van der Waals surface area contributed by atoms with Crippen LogP contribution < -0.4 is 0 Å². The van der Waals surface area contributed by atoms with E-state index in [0.717, 1.165) is 0 Å². The van der Waals surface area contributed by atoms with E-state index in [-0.39, 0.29) is 0 Å². The van der Waals surface area contributed by atoms with Crippen molar-refractivity contribution in [1.82, 2.24) is 4.90 Å². The molecule has 1 saturated heterocycles. The zero-order valence-corrected chi connectivity index (χ0v) is 7.47. The van der Waals surface area contributed by atoms with E-state index in [1.165, 1.54) is 10.3 Å². The largest absolute Gasteiger partial charge is 0.369 e. The SMILES string of the molecule is C#C[C@]1(O)C(=O)N(C)C[C@H]1C=S. The number of nitrogens with zero attached hydrogens (tertiary/aromatic N) is 1. The van der Waals surface area contributed by atoms with Crippen LogP contribution >= 0.6 is 12.2 Å². The van der Waals surface area contributed by atoms with E-state index in [9.17, 15) is 9.90 Å². The second-order valence-corrected chi connectivity index (χ2v) is 3.11. The molecule has 1 aliphatic rings. The Hall–Kier alpha value is -0.920. The lowest BCUT2D eigenvalue weighted by molar-refractivity contribution is -0.138. The molecule has 0 saturated carbocycles. The molecule has 0 unspecified atom stereocenters. The van der Waals surface area contributed by atoms with Gasteiger partial charge in [-0.15, -0.1) is 6.42 Å². The minimum absolute atomic E-state index is 0.392. The number of likely N-dealkylation sites (tertiary alicyclic amines) is 1. The molecule has 12 heavy (non-hydrogen) atoms.